The quantitative estimate of drug-likeness (QED) is 0.405. The fraction of sp³-hybridized carbons (Fsp3) is 0.158. The fourth-order valence-corrected chi connectivity index (χ4v) is 2.73. The van der Waals surface area contributed by atoms with Gasteiger partial charge in [-0.15, -0.1) is 0 Å². The number of ether oxygens (including phenoxy) is 2. The zero-order valence-electron chi connectivity index (χ0n) is 14.9. The maximum atomic E-state index is 12.3. The number of benzene rings is 2. The lowest BCUT2D eigenvalue weighted by molar-refractivity contribution is -0.112. The molecule has 2 aromatic carbocycles. The normalized spacial score (nSPS) is 11.1. The van der Waals surface area contributed by atoms with Crippen LogP contribution in [0.5, 0.6) is 17.2 Å². The van der Waals surface area contributed by atoms with E-state index in [9.17, 15) is 23.9 Å². The highest BCUT2D eigenvalue weighted by molar-refractivity contribution is 7.99. The number of carbonyl (C=O) groups is 1. The van der Waals surface area contributed by atoms with Crippen molar-refractivity contribution in [2.45, 2.75) is 10.7 Å². The summed E-state index contributed by atoms with van der Waals surface area (Å²) in [6, 6.07) is 10.5. The molecule has 0 saturated carbocycles. The van der Waals surface area contributed by atoms with Gasteiger partial charge < -0.3 is 19.9 Å². The zero-order chi connectivity index (χ0) is 20.7. The number of halogens is 2. The number of alkyl halides is 2. The molecule has 0 unspecified atom stereocenters. The van der Waals surface area contributed by atoms with Crippen LogP contribution in [0.25, 0.3) is 6.08 Å². The molecule has 0 atom stereocenters. The van der Waals surface area contributed by atoms with Gasteiger partial charge in [0.2, 0.25) is 5.75 Å². The second kappa shape index (κ2) is 9.62. The van der Waals surface area contributed by atoms with Gasteiger partial charge in [0.25, 0.3) is 11.7 Å². The molecule has 0 saturated heterocycles. The van der Waals surface area contributed by atoms with Crippen LogP contribution < -0.4 is 14.8 Å². The molecule has 1 amide bonds. The highest BCUT2D eigenvalue weighted by Crippen LogP contribution is 2.37. The van der Waals surface area contributed by atoms with E-state index >= 15 is 0 Å². The Morgan fingerprint density at radius 1 is 1.21 bits per heavy atom. The first kappa shape index (κ1) is 21.1. The molecule has 146 valence electrons. The predicted octanol–water partition coefficient (Wildman–Crippen LogP) is 4.27. The summed E-state index contributed by atoms with van der Waals surface area (Å²) < 4.78 is 34.8. The Hall–Kier alpha value is -3.25. The van der Waals surface area contributed by atoms with Gasteiger partial charge >= 0.3 is 0 Å². The summed E-state index contributed by atoms with van der Waals surface area (Å²) in [5, 5.41) is 21.8. The number of phenols is 1. The molecule has 0 radical (unpaired) electrons. The molecule has 0 aliphatic carbocycles. The first-order chi connectivity index (χ1) is 13.4. The van der Waals surface area contributed by atoms with Crippen molar-refractivity contribution in [3.05, 3.63) is 47.5 Å². The van der Waals surface area contributed by atoms with Crippen LogP contribution in [0.4, 0.5) is 14.5 Å². The van der Waals surface area contributed by atoms with Crippen molar-refractivity contribution in [1.82, 2.24) is 0 Å². The number of carbonyl (C=O) groups excluding carboxylic acids is 1. The van der Waals surface area contributed by atoms with Crippen molar-refractivity contribution in [2.24, 2.45) is 0 Å². The molecule has 0 aliphatic rings. The van der Waals surface area contributed by atoms with Gasteiger partial charge in [0, 0.05) is 10.6 Å². The van der Waals surface area contributed by atoms with E-state index < -0.39 is 11.7 Å². The smallest absolute Gasteiger partial charge is 0.288 e. The van der Waals surface area contributed by atoms with E-state index in [1.54, 1.807) is 6.07 Å². The molecular weight excluding hydrogens is 390 g/mol. The molecule has 6 nitrogen and oxygen atoms in total. The molecule has 0 aromatic heterocycles. The van der Waals surface area contributed by atoms with E-state index in [0.29, 0.717) is 27.9 Å². The van der Waals surface area contributed by atoms with Crippen molar-refractivity contribution in [3.8, 4) is 23.3 Å². The topological polar surface area (TPSA) is 91.6 Å². The zero-order valence-corrected chi connectivity index (χ0v) is 15.7. The number of methoxy groups -OCH3 is 2. The third-order valence-corrected chi connectivity index (χ3v) is 4.24. The Morgan fingerprint density at radius 3 is 2.25 bits per heavy atom. The summed E-state index contributed by atoms with van der Waals surface area (Å²) in [4.78, 5) is 12.7. The Bertz CT molecular complexity index is 900. The molecule has 28 heavy (non-hydrogen) atoms. The molecule has 0 aliphatic heterocycles. The van der Waals surface area contributed by atoms with Gasteiger partial charge in [0.15, 0.2) is 11.5 Å². The van der Waals surface area contributed by atoms with E-state index in [2.05, 4.69) is 5.32 Å². The minimum atomic E-state index is -2.53. The number of nitriles is 1. The van der Waals surface area contributed by atoms with Crippen LogP contribution in [0.1, 0.15) is 5.56 Å². The van der Waals surface area contributed by atoms with Gasteiger partial charge in [0.05, 0.1) is 14.2 Å². The Kier molecular flexibility index (Phi) is 7.23. The number of thioether (sulfide) groups is 1. The summed E-state index contributed by atoms with van der Waals surface area (Å²) in [5.41, 5.74) is 0.549. The van der Waals surface area contributed by atoms with Crippen LogP contribution in [-0.4, -0.2) is 31.0 Å². The number of hydrogen-bond acceptors (Lipinski definition) is 6. The summed E-state index contributed by atoms with van der Waals surface area (Å²) in [6.45, 7) is 0. The van der Waals surface area contributed by atoms with Gasteiger partial charge in [-0.3, -0.25) is 4.79 Å². The van der Waals surface area contributed by atoms with Crippen molar-refractivity contribution in [3.63, 3.8) is 0 Å². The molecule has 2 aromatic rings. The number of aromatic hydroxyl groups is 1. The summed E-state index contributed by atoms with van der Waals surface area (Å²) in [7, 11) is 2.71. The predicted molar refractivity (Wildman–Crippen MR) is 102 cm³/mol. The summed E-state index contributed by atoms with van der Waals surface area (Å²) >= 11 is 0.393. The first-order valence-corrected chi connectivity index (χ1v) is 8.69. The first-order valence-electron chi connectivity index (χ1n) is 7.81. The van der Waals surface area contributed by atoms with E-state index in [0.717, 1.165) is 0 Å². The number of nitrogens with zero attached hydrogens (tertiary/aromatic N) is 1. The molecular formula is C19H16F2N2O4S. The van der Waals surface area contributed by atoms with E-state index in [1.807, 2.05) is 0 Å². The number of rotatable bonds is 7. The maximum absolute atomic E-state index is 12.3. The van der Waals surface area contributed by atoms with Crippen molar-refractivity contribution in [2.75, 3.05) is 19.5 Å². The lowest BCUT2D eigenvalue weighted by Gasteiger charge is -2.10. The van der Waals surface area contributed by atoms with Crippen LogP contribution in [0.15, 0.2) is 46.9 Å². The Balaban J connectivity index is 2.23. The van der Waals surface area contributed by atoms with Gasteiger partial charge in [-0.25, -0.2) is 0 Å². The van der Waals surface area contributed by atoms with Crippen LogP contribution >= 0.6 is 11.8 Å². The SMILES string of the molecule is COc1cc(/C=C(\C#N)C(=O)Nc2ccc(SC(F)F)cc2)cc(OC)c1O. The van der Waals surface area contributed by atoms with E-state index in [1.165, 1.54) is 56.7 Å². The molecule has 0 fully saturated rings. The van der Waals surface area contributed by atoms with Crippen molar-refractivity contribution in [1.29, 1.82) is 5.26 Å². The number of amides is 1. The molecule has 9 heteroatoms. The lowest BCUT2D eigenvalue weighted by Crippen LogP contribution is -2.13. The average molecular weight is 406 g/mol. The van der Waals surface area contributed by atoms with E-state index in [4.69, 9.17) is 9.47 Å². The highest BCUT2D eigenvalue weighted by atomic mass is 32.2. The molecule has 2 N–H and O–H groups in total. The molecule has 2 rings (SSSR count). The largest absolute Gasteiger partial charge is 0.502 e. The minimum Gasteiger partial charge on any atom is -0.502 e. The monoisotopic (exact) mass is 406 g/mol. The lowest BCUT2D eigenvalue weighted by atomic mass is 10.1. The van der Waals surface area contributed by atoms with Crippen molar-refractivity contribution < 1.29 is 28.2 Å². The average Bonchev–Trinajstić information content (AvgIpc) is 2.68. The highest BCUT2D eigenvalue weighted by Gasteiger charge is 2.14. The summed E-state index contributed by atoms with van der Waals surface area (Å²) in [6.07, 6.45) is 1.31. The maximum Gasteiger partial charge on any atom is 0.288 e. The second-order valence-electron chi connectivity index (χ2n) is 5.30. The Morgan fingerprint density at radius 2 is 1.79 bits per heavy atom. The minimum absolute atomic E-state index is 0.121. The number of phenolic OH excluding ortho intramolecular Hbond substituents is 1. The Labute approximate surface area is 164 Å². The number of hydrogen-bond donors (Lipinski definition) is 2. The number of nitrogens with one attached hydrogen (secondary N) is 1. The van der Waals surface area contributed by atoms with Crippen LogP contribution in [0.3, 0.4) is 0 Å². The molecule has 0 heterocycles. The van der Waals surface area contributed by atoms with Gasteiger partial charge in [0.1, 0.15) is 11.6 Å². The third-order valence-electron chi connectivity index (χ3n) is 3.52. The standard InChI is InChI=1S/C19H16F2N2O4S/c1-26-15-8-11(9-16(27-2)17(15)24)7-12(10-22)18(25)23-13-3-5-14(6-4-13)28-19(20)21/h3-9,19,24H,1-2H3,(H,23,25)/b12-7+. The molecule has 0 bridgehead atoms. The summed E-state index contributed by atoms with van der Waals surface area (Å²) in [5.74, 6) is -3.17. The van der Waals surface area contributed by atoms with Crippen LogP contribution in [-0.2, 0) is 4.79 Å². The van der Waals surface area contributed by atoms with E-state index in [-0.39, 0.29) is 22.8 Å². The van der Waals surface area contributed by atoms with Gasteiger partial charge in [-0.05, 0) is 48.0 Å². The second-order valence-corrected chi connectivity index (χ2v) is 6.36. The van der Waals surface area contributed by atoms with Crippen molar-refractivity contribution >= 4 is 29.4 Å². The van der Waals surface area contributed by atoms with Crippen LogP contribution in [0.2, 0.25) is 0 Å². The fourth-order valence-electron chi connectivity index (χ4n) is 2.23. The van der Waals surface area contributed by atoms with Gasteiger partial charge in [-0.2, -0.15) is 14.0 Å². The number of anilines is 1. The van der Waals surface area contributed by atoms with Gasteiger partial charge in [-0.1, -0.05) is 11.8 Å². The van der Waals surface area contributed by atoms with Crippen LogP contribution in [0, 0.1) is 11.3 Å². The third kappa shape index (κ3) is 5.37. The molecule has 0 spiro atoms.